The first-order chi connectivity index (χ1) is 7.88. The zero-order valence-corrected chi connectivity index (χ0v) is 10.8. The molecule has 0 aromatic heterocycles. The molecule has 2 rings (SSSR count). The molecule has 1 aliphatic rings. The number of nitrogens with zero attached hydrogens (tertiary/aromatic N) is 1. The Bertz CT molecular complexity index is 425. The van der Waals surface area contributed by atoms with Gasteiger partial charge in [0, 0.05) is 10.6 Å². The van der Waals surface area contributed by atoms with E-state index in [0.29, 0.717) is 5.02 Å². The number of nitrogens with one attached hydrogen (secondary N) is 1. The molecule has 0 bridgehead atoms. The van der Waals surface area contributed by atoms with Crippen LogP contribution in [0.1, 0.15) is 32.6 Å². The fourth-order valence-corrected chi connectivity index (χ4v) is 1.72. The Hall–Kier alpha value is -1.26. The van der Waals surface area contributed by atoms with Gasteiger partial charge in [0.2, 0.25) is 0 Å². The van der Waals surface area contributed by atoms with E-state index in [2.05, 4.69) is 5.32 Å². The van der Waals surface area contributed by atoms with Gasteiger partial charge < -0.3 is 5.32 Å². The highest BCUT2D eigenvalue weighted by molar-refractivity contribution is 6.30. The number of halogens is 1. The molecule has 1 saturated heterocycles. The fourth-order valence-electron chi connectivity index (χ4n) is 1.59. The summed E-state index contributed by atoms with van der Waals surface area (Å²) in [6.45, 7) is 5.74. The maximum Gasteiger partial charge on any atom is 0.344 e. The Morgan fingerprint density at radius 2 is 1.88 bits per heavy atom. The van der Waals surface area contributed by atoms with Gasteiger partial charge in [-0.2, -0.15) is 5.06 Å². The summed E-state index contributed by atoms with van der Waals surface area (Å²) in [7, 11) is 0. The highest BCUT2D eigenvalue weighted by Crippen LogP contribution is 2.28. The van der Waals surface area contributed by atoms with Gasteiger partial charge in [-0.25, -0.2) is 9.63 Å². The monoisotopic (exact) mass is 254 g/mol. The molecule has 1 atom stereocenters. The number of rotatable bonds is 1. The summed E-state index contributed by atoms with van der Waals surface area (Å²) < 4.78 is 0. The molecular formula is C12H15ClN2O2. The molecule has 0 radical (unpaired) electrons. The minimum Gasteiger partial charge on any atom is -0.305 e. The number of hydroxylamine groups is 2. The summed E-state index contributed by atoms with van der Waals surface area (Å²) in [5, 5.41) is 4.78. The number of hydrogen-bond acceptors (Lipinski definition) is 2. The third-order valence-corrected chi connectivity index (χ3v) is 2.68. The maximum atomic E-state index is 11.7. The molecule has 1 aromatic carbocycles. The summed E-state index contributed by atoms with van der Waals surface area (Å²) in [6, 6.07) is 6.98. The van der Waals surface area contributed by atoms with E-state index in [9.17, 15) is 4.79 Å². The molecule has 1 unspecified atom stereocenters. The average Bonchev–Trinajstić information content (AvgIpc) is 2.61. The second-order valence-electron chi connectivity index (χ2n) is 4.95. The molecular weight excluding hydrogens is 240 g/mol. The van der Waals surface area contributed by atoms with E-state index in [0.717, 1.165) is 5.56 Å². The Labute approximate surface area is 105 Å². The molecule has 1 N–H and O–H groups in total. The van der Waals surface area contributed by atoms with Gasteiger partial charge in [-0.05, 0) is 32.9 Å². The molecule has 2 amide bonds. The van der Waals surface area contributed by atoms with E-state index < -0.39 is 6.23 Å². The molecule has 17 heavy (non-hydrogen) atoms. The van der Waals surface area contributed by atoms with Crippen LogP contribution in [0.25, 0.3) is 0 Å². The molecule has 0 saturated carbocycles. The molecule has 5 heteroatoms. The smallest absolute Gasteiger partial charge is 0.305 e. The van der Waals surface area contributed by atoms with Gasteiger partial charge in [0.25, 0.3) is 0 Å². The Morgan fingerprint density at radius 3 is 2.35 bits per heavy atom. The van der Waals surface area contributed by atoms with Crippen LogP contribution in [0.2, 0.25) is 5.02 Å². The van der Waals surface area contributed by atoms with Crippen LogP contribution in [0.15, 0.2) is 24.3 Å². The first-order valence-electron chi connectivity index (χ1n) is 5.41. The maximum absolute atomic E-state index is 11.7. The van der Waals surface area contributed by atoms with Crippen molar-refractivity contribution in [2.45, 2.75) is 32.5 Å². The number of benzene rings is 1. The minimum absolute atomic E-state index is 0.225. The second kappa shape index (κ2) is 4.20. The summed E-state index contributed by atoms with van der Waals surface area (Å²) in [4.78, 5) is 17.3. The van der Waals surface area contributed by atoms with Crippen LogP contribution in [0.5, 0.6) is 0 Å². The van der Waals surface area contributed by atoms with Crippen LogP contribution < -0.4 is 5.32 Å². The lowest BCUT2D eigenvalue weighted by Crippen LogP contribution is -2.42. The van der Waals surface area contributed by atoms with Crippen molar-refractivity contribution in [3.63, 3.8) is 0 Å². The third-order valence-electron chi connectivity index (χ3n) is 2.43. The van der Waals surface area contributed by atoms with Crippen molar-refractivity contribution in [2.24, 2.45) is 0 Å². The molecule has 0 aliphatic carbocycles. The van der Waals surface area contributed by atoms with E-state index >= 15 is 0 Å². The van der Waals surface area contributed by atoms with Crippen molar-refractivity contribution in [2.75, 3.05) is 0 Å². The van der Waals surface area contributed by atoms with Gasteiger partial charge in [-0.3, -0.25) is 0 Å². The van der Waals surface area contributed by atoms with Crippen molar-refractivity contribution in [1.82, 2.24) is 10.4 Å². The number of amides is 2. The number of hydrogen-bond donors (Lipinski definition) is 1. The van der Waals surface area contributed by atoms with Crippen LogP contribution in [0.4, 0.5) is 4.79 Å². The van der Waals surface area contributed by atoms with Gasteiger partial charge in [0.15, 0.2) is 6.23 Å². The van der Waals surface area contributed by atoms with Crippen molar-refractivity contribution in [1.29, 1.82) is 0 Å². The molecule has 1 aromatic rings. The Kier molecular flexibility index (Phi) is 3.02. The highest BCUT2D eigenvalue weighted by atomic mass is 35.5. The number of urea groups is 1. The zero-order chi connectivity index (χ0) is 12.6. The van der Waals surface area contributed by atoms with E-state index in [-0.39, 0.29) is 11.6 Å². The minimum atomic E-state index is -0.445. The van der Waals surface area contributed by atoms with Gasteiger partial charge in [-0.1, -0.05) is 23.7 Å². The van der Waals surface area contributed by atoms with Gasteiger partial charge >= 0.3 is 6.03 Å². The standard InChI is InChI=1S/C12H15ClN2O2/c1-12(2,3)15-11(16)14-10(17-15)8-4-6-9(13)7-5-8/h4-7,10H,1-3H3,(H,14,16). The first kappa shape index (κ1) is 12.2. The van der Waals surface area contributed by atoms with E-state index in [4.69, 9.17) is 16.4 Å². The fraction of sp³-hybridized carbons (Fsp3) is 0.417. The van der Waals surface area contributed by atoms with E-state index in [1.807, 2.05) is 32.9 Å². The predicted octanol–water partition coefficient (Wildman–Crippen LogP) is 3.09. The predicted molar refractivity (Wildman–Crippen MR) is 65.4 cm³/mol. The number of carbonyl (C=O) groups excluding carboxylic acids is 1. The lowest BCUT2D eigenvalue weighted by molar-refractivity contribution is -0.172. The second-order valence-corrected chi connectivity index (χ2v) is 5.39. The van der Waals surface area contributed by atoms with Crippen molar-refractivity contribution >= 4 is 17.6 Å². The van der Waals surface area contributed by atoms with E-state index in [1.165, 1.54) is 5.06 Å². The van der Waals surface area contributed by atoms with Crippen LogP contribution in [-0.2, 0) is 4.84 Å². The molecule has 4 nitrogen and oxygen atoms in total. The summed E-state index contributed by atoms with van der Waals surface area (Å²) in [5.74, 6) is 0. The SMILES string of the molecule is CC(C)(C)N1OC(c2ccc(Cl)cc2)NC1=O. The Balaban J connectivity index is 2.17. The van der Waals surface area contributed by atoms with Crippen molar-refractivity contribution in [3.05, 3.63) is 34.9 Å². The van der Waals surface area contributed by atoms with Crippen LogP contribution in [-0.4, -0.2) is 16.6 Å². The van der Waals surface area contributed by atoms with Gasteiger partial charge in [0.05, 0.1) is 5.54 Å². The highest BCUT2D eigenvalue weighted by Gasteiger charge is 2.38. The third kappa shape index (κ3) is 2.53. The molecule has 92 valence electrons. The summed E-state index contributed by atoms with van der Waals surface area (Å²) in [6.07, 6.45) is -0.445. The number of carbonyl (C=O) groups is 1. The normalized spacial score (nSPS) is 20.6. The van der Waals surface area contributed by atoms with E-state index in [1.54, 1.807) is 12.1 Å². The molecule has 1 aliphatic heterocycles. The van der Waals surface area contributed by atoms with Gasteiger partial charge in [-0.15, -0.1) is 0 Å². The summed E-state index contributed by atoms with van der Waals surface area (Å²) in [5.41, 5.74) is 0.500. The zero-order valence-electron chi connectivity index (χ0n) is 10.0. The van der Waals surface area contributed by atoms with Crippen LogP contribution in [0.3, 0.4) is 0 Å². The molecule has 1 heterocycles. The topological polar surface area (TPSA) is 41.6 Å². The van der Waals surface area contributed by atoms with Crippen LogP contribution >= 0.6 is 11.6 Å². The lowest BCUT2D eigenvalue weighted by atomic mass is 10.1. The largest absolute Gasteiger partial charge is 0.344 e. The average molecular weight is 255 g/mol. The molecule has 1 fully saturated rings. The summed E-state index contributed by atoms with van der Waals surface area (Å²) >= 11 is 5.81. The van der Waals surface area contributed by atoms with Crippen molar-refractivity contribution in [3.8, 4) is 0 Å². The molecule has 0 spiro atoms. The van der Waals surface area contributed by atoms with Crippen molar-refractivity contribution < 1.29 is 9.63 Å². The Morgan fingerprint density at radius 1 is 1.29 bits per heavy atom. The lowest BCUT2D eigenvalue weighted by Gasteiger charge is -2.28. The van der Waals surface area contributed by atoms with Gasteiger partial charge in [0.1, 0.15) is 0 Å². The quantitative estimate of drug-likeness (QED) is 0.837. The first-order valence-corrected chi connectivity index (χ1v) is 5.79. The van der Waals surface area contributed by atoms with Crippen LogP contribution in [0, 0.1) is 0 Å².